The van der Waals surface area contributed by atoms with Crippen molar-refractivity contribution in [3.63, 3.8) is 0 Å². The van der Waals surface area contributed by atoms with E-state index in [2.05, 4.69) is 29.5 Å². The number of rotatable bonds is 3. The summed E-state index contributed by atoms with van der Waals surface area (Å²) in [4.78, 5) is 4.19. The van der Waals surface area contributed by atoms with Crippen LogP contribution in [-0.4, -0.2) is 24.6 Å². The first-order chi connectivity index (χ1) is 7.77. The Labute approximate surface area is 97.7 Å². The summed E-state index contributed by atoms with van der Waals surface area (Å²) in [5, 5.41) is 7.02. The molecule has 0 spiro atoms. The van der Waals surface area contributed by atoms with Gasteiger partial charge >= 0.3 is 0 Å². The molecular weight excluding hydrogens is 198 g/mol. The summed E-state index contributed by atoms with van der Waals surface area (Å²) in [5.41, 5.74) is 3.74. The van der Waals surface area contributed by atoms with Crippen molar-refractivity contribution in [1.29, 1.82) is 0 Å². The zero-order chi connectivity index (χ0) is 11.4. The molecule has 0 aromatic carbocycles. The first-order valence-corrected chi connectivity index (χ1v) is 6.13. The van der Waals surface area contributed by atoms with E-state index in [4.69, 9.17) is 0 Å². The Kier molecular flexibility index (Phi) is 3.78. The van der Waals surface area contributed by atoms with E-state index in [0.29, 0.717) is 0 Å². The largest absolute Gasteiger partial charge is 0.384 e. The Morgan fingerprint density at radius 1 is 1.38 bits per heavy atom. The van der Waals surface area contributed by atoms with Crippen molar-refractivity contribution >= 4 is 5.69 Å². The van der Waals surface area contributed by atoms with E-state index >= 15 is 0 Å². The molecule has 1 atom stereocenters. The highest BCUT2D eigenvalue weighted by molar-refractivity contribution is 5.54. The summed E-state index contributed by atoms with van der Waals surface area (Å²) in [6.07, 6.45) is 6.49. The lowest BCUT2D eigenvalue weighted by Gasteiger charge is -2.24. The Balaban J connectivity index is 1.93. The Morgan fingerprint density at radius 2 is 2.12 bits per heavy atom. The van der Waals surface area contributed by atoms with Gasteiger partial charge in [0.05, 0.1) is 0 Å². The van der Waals surface area contributed by atoms with Gasteiger partial charge in [-0.15, -0.1) is 0 Å². The monoisotopic (exact) mass is 219 g/mol. The number of hydrogen-bond donors (Lipinski definition) is 2. The molecule has 16 heavy (non-hydrogen) atoms. The Bertz CT molecular complexity index is 323. The summed E-state index contributed by atoms with van der Waals surface area (Å²) in [7, 11) is 0. The molecule has 3 heteroatoms. The Morgan fingerprint density at radius 3 is 2.75 bits per heavy atom. The number of pyridine rings is 1. The maximum atomic E-state index is 4.19. The Hall–Kier alpha value is -1.09. The molecule has 1 aliphatic rings. The van der Waals surface area contributed by atoms with E-state index < -0.39 is 0 Å². The van der Waals surface area contributed by atoms with E-state index in [1.54, 1.807) is 0 Å². The van der Waals surface area contributed by atoms with Crippen LogP contribution in [0.5, 0.6) is 0 Å². The number of nitrogens with one attached hydrogen (secondary N) is 2. The average Bonchev–Trinajstić information content (AvgIpc) is 2.30. The fourth-order valence-corrected chi connectivity index (χ4v) is 2.32. The topological polar surface area (TPSA) is 37.0 Å². The maximum Gasteiger partial charge on any atom is 0.0430 e. The number of piperidine rings is 1. The highest BCUT2D eigenvalue weighted by Crippen LogP contribution is 2.19. The van der Waals surface area contributed by atoms with Crippen molar-refractivity contribution in [2.75, 3.05) is 25.0 Å². The third-order valence-corrected chi connectivity index (χ3v) is 3.29. The molecule has 3 nitrogen and oxygen atoms in total. The van der Waals surface area contributed by atoms with Crippen LogP contribution in [0.3, 0.4) is 0 Å². The van der Waals surface area contributed by atoms with Crippen LogP contribution >= 0.6 is 0 Å². The molecule has 0 aliphatic carbocycles. The smallest absolute Gasteiger partial charge is 0.0430 e. The molecule has 1 aromatic rings. The SMILES string of the molecule is Cc1cncc(C)c1NCC1CCCNC1. The summed E-state index contributed by atoms with van der Waals surface area (Å²) < 4.78 is 0. The van der Waals surface area contributed by atoms with Gasteiger partial charge in [0.2, 0.25) is 0 Å². The molecule has 88 valence electrons. The molecule has 2 rings (SSSR count). The number of aromatic nitrogens is 1. The second-order valence-corrected chi connectivity index (χ2v) is 4.74. The molecule has 2 N–H and O–H groups in total. The second-order valence-electron chi connectivity index (χ2n) is 4.74. The molecule has 2 heterocycles. The van der Waals surface area contributed by atoms with E-state index in [-0.39, 0.29) is 0 Å². The molecule has 1 fully saturated rings. The van der Waals surface area contributed by atoms with Gasteiger partial charge in [-0.2, -0.15) is 0 Å². The standard InChI is InChI=1S/C13H21N3/c1-10-6-15-7-11(2)13(10)16-9-12-4-3-5-14-8-12/h6-7,12,14H,3-5,8-9H2,1-2H3,(H,15,16). The predicted octanol–water partition coefficient (Wildman–Crippen LogP) is 2.11. The van der Waals surface area contributed by atoms with E-state index in [1.807, 2.05) is 12.4 Å². The van der Waals surface area contributed by atoms with Crippen molar-refractivity contribution < 1.29 is 0 Å². The fourth-order valence-electron chi connectivity index (χ4n) is 2.32. The molecular formula is C13H21N3. The van der Waals surface area contributed by atoms with Crippen LogP contribution in [0.2, 0.25) is 0 Å². The minimum atomic E-state index is 0.765. The highest BCUT2D eigenvalue weighted by atomic mass is 14.9. The fraction of sp³-hybridized carbons (Fsp3) is 0.615. The summed E-state index contributed by atoms with van der Waals surface area (Å²) in [5.74, 6) is 0.765. The van der Waals surface area contributed by atoms with Gasteiger partial charge in [-0.3, -0.25) is 4.98 Å². The predicted molar refractivity (Wildman–Crippen MR) is 67.8 cm³/mol. The quantitative estimate of drug-likeness (QED) is 0.817. The van der Waals surface area contributed by atoms with Crippen molar-refractivity contribution in [1.82, 2.24) is 10.3 Å². The first kappa shape index (κ1) is 11.4. The molecule has 0 bridgehead atoms. The third kappa shape index (κ3) is 2.73. The van der Waals surface area contributed by atoms with Crippen LogP contribution in [0.15, 0.2) is 12.4 Å². The summed E-state index contributed by atoms with van der Waals surface area (Å²) in [6.45, 7) is 7.63. The molecule has 0 amide bonds. The van der Waals surface area contributed by atoms with Crippen molar-refractivity contribution in [2.24, 2.45) is 5.92 Å². The average molecular weight is 219 g/mol. The lowest BCUT2D eigenvalue weighted by Crippen LogP contribution is -2.33. The van der Waals surface area contributed by atoms with Gasteiger partial charge < -0.3 is 10.6 Å². The number of aryl methyl sites for hydroxylation is 2. The third-order valence-electron chi connectivity index (χ3n) is 3.29. The van der Waals surface area contributed by atoms with E-state index in [1.165, 1.54) is 36.2 Å². The molecule has 1 saturated heterocycles. The minimum absolute atomic E-state index is 0.765. The normalized spacial score (nSPS) is 20.8. The molecule has 0 radical (unpaired) electrons. The van der Waals surface area contributed by atoms with Crippen molar-refractivity contribution in [2.45, 2.75) is 26.7 Å². The van der Waals surface area contributed by atoms with Gasteiger partial charge in [0.15, 0.2) is 0 Å². The van der Waals surface area contributed by atoms with Gasteiger partial charge in [-0.1, -0.05) is 0 Å². The van der Waals surface area contributed by atoms with Gasteiger partial charge in [0.1, 0.15) is 0 Å². The van der Waals surface area contributed by atoms with Crippen LogP contribution in [0.1, 0.15) is 24.0 Å². The van der Waals surface area contributed by atoms with Gasteiger partial charge in [0.25, 0.3) is 0 Å². The highest BCUT2D eigenvalue weighted by Gasteiger charge is 2.13. The first-order valence-electron chi connectivity index (χ1n) is 6.13. The summed E-state index contributed by atoms with van der Waals surface area (Å²) >= 11 is 0. The number of hydrogen-bond acceptors (Lipinski definition) is 3. The minimum Gasteiger partial charge on any atom is -0.384 e. The number of nitrogens with zero attached hydrogens (tertiary/aromatic N) is 1. The van der Waals surface area contributed by atoms with Crippen LogP contribution in [0, 0.1) is 19.8 Å². The molecule has 0 saturated carbocycles. The van der Waals surface area contributed by atoms with Crippen molar-refractivity contribution in [3.8, 4) is 0 Å². The van der Waals surface area contributed by atoms with Gasteiger partial charge in [0, 0.05) is 24.6 Å². The lowest BCUT2D eigenvalue weighted by atomic mass is 9.99. The van der Waals surface area contributed by atoms with Crippen LogP contribution in [0.25, 0.3) is 0 Å². The summed E-state index contributed by atoms with van der Waals surface area (Å²) in [6, 6.07) is 0. The molecule has 1 aromatic heterocycles. The van der Waals surface area contributed by atoms with Crippen LogP contribution < -0.4 is 10.6 Å². The van der Waals surface area contributed by atoms with E-state index in [0.717, 1.165) is 19.0 Å². The van der Waals surface area contributed by atoms with Crippen LogP contribution in [0.4, 0.5) is 5.69 Å². The van der Waals surface area contributed by atoms with Gasteiger partial charge in [-0.05, 0) is 56.8 Å². The van der Waals surface area contributed by atoms with Gasteiger partial charge in [-0.25, -0.2) is 0 Å². The van der Waals surface area contributed by atoms with Crippen LogP contribution in [-0.2, 0) is 0 Å². The lowest BCUT2D eigenvalue weighted by molar-refractivity contribution is 0.393. The zero-order valence-corrected chi connectivity index (χ0v) is 10.2. The van der Waals surface area contributed by atoms with E-state index in [9.17, 15) is 0 Å². The number of anilines is 1. The zero-order valence-electron chi connectivity index (χ0n) is 10.2. The maximum absolute atomic E-state index is 4.19. The second kappa shape index (κ2) is 5.30. The molecule has 1 unspecified atom stereocenters. The van der Waals surface area contributed by atoms with Crippen molar-refractivity contribution in [3.05, 3.63) is 23.5 Å². The molecule has 1 aliphatic heterocycles.